The van der Waals surface area contributed by atoms with Gasteiger partial charge < -0.3 is 19.5 Å². The molecule has 1 aromatic carbocycles. The third-order valence-corrected chi connectivity index (χ3v) is 4.45. The molecule has 0 aliphatic carbocycles. The minimum absolute atomic E-state index is 0.198. The molecular weight excluding hydrogens is 327 g/mol. The fourth-order valence-electron chi connectivity index (χ4n) is 3.12. The molecule has 2 aliphatic heterocycles. The molecular formula is C17H17FN4O3. The van der Waals surface area contributed by atoms with Crippen LogP contribution in [0, 0.1) is 5.82 Å². The summed E-state index contributed by atoms with van der Waals surface area (Å²) in [6.07, 6.45) is 1.61. The number of halogens is 1. The minimum Gasteiger partial charge on any atom is -0.378 e. The van der Waals surface area contributed by atoms with Gasteiger partial charge in [-0.05, 0) is 17.7 Å². The molecule has 0 radical (unpaired) electrons. The number of rotatable bonds is 2. The Balaban J connectivity index is 1.57. The Kier molecular flexibility index (Phi) is 3.96. The van der Waals surface area contributed by atoms with E-state index in [9.17, 15) is 14.0 Å². The van der Waals surface area contributed by atoms with E-state index in [1.807, 2.05) is 0 Å². The maximum atomic E-state index is 13.1. The molecule has 1 fully saturated rings. The SMILES string of the molecule is O=C1NC(c2ccc(F)cc2)Cn2cc(C(=O)N3CCOCC3)nc21. The van der Waals surface area contributed by atoms with Gasteiger partial charge in [0.2, 0.25) is 0 Å². The van der Waals surface area contributed by atoms with Crippen LogP contribution in [-0.2, 0) is 11.3 Å². The van der Waals surface area contributed by atoms with Crippen molar-refractivity contribution in [2.75, 3.05) is 26.3 Å². The van der Waals surface area contributed by atoms with Crippen LogP contribution in [0.15, 0.2) is 30.5 Å². The average Bonchev–Trinajstić information content (AvgIpc) is 3.07. The van der Waals surface area contributed by atoms with Crippen molar-refractivity contribution in [1.82, 2.24) is 19.8 Å². The first-order valence-electron chi connectivity index (χ1n) is 8.12. The summed E-state index contributed by atoms with van der Waals surface area (Å²) in [4.78, 5) is 30.8. The second kappa shape index (κ2) is 6.29. The van der Waals surface area contributed by atoms with Gasteiger partial charge in [0.15, 0.2) is 5.82 Å². The molecule has 1 unspecified atom stereocenters. The van der Waals surface area contributed by atoms with Crippen molar-refractivity contribution in [1.29, 1.82) is 0 Å². The number of hydrogen-bond donors (Lipinski definition) is 1. The van der Waals surface area contributed by atoms with Crippen LogP contribution in [-0.4, -0.2) is 52.6 Å². The number of ether oxygens (including phenoxy) is 1. The summed E-state index contributed by atoms with van der Waals surface area (Å²) in [6.45, 7) is 2.49. The average molecular weight is 344 g/mol. The van der Waals surface area contributed by atoms with E-state index < -0.39 is 0 Å². The Hall–Kier alpha value is -2.74. The van der Waals surface area contributed by atoms with Crippen LogP contribution in [0.4, 0.5) is 4.39 Å². The van der Waals surface area contributed by atoms with E-state index in [1.54, 1.807) is 27.8 Å². The lowest BCUT2D eigenvalue weighted by Crippen LogP contribution is -2.40. The zero-order valence-electron chi connectivity index (χ0n) is 13.4. The molecule has 2 aliphatic rings. The van der Waals surface area contributed by atoms with E-state index in [-0.39, 0.29) is 35.2 Å². The van der Waals surface area contributed by atoms with Gasteiger partial charge in [0, 0.05) is 25.8 Å². The Morgan fingerprint density at radius 1 is 1.24 bits per heavy atom. The molecule has 25 heavy (non-hydrogen) atoms. The van der Waals surface area contributed by atoms with Crippen molar-refractivity contribution in [2.24, 2.45) is 0 Å². The number of aromatic nitrogens is 2. The summed E-state index contributed by atoms with van der Waals surface area (Å²) in [6, 6.07) is 5.71. The van der Waals surface area contributed by atoms with Crippen LogP contribution in [0.1, 0.15) is 32.7 Å². The number of nitrogens with one attached hydrogen (secondary N) is 1. The van der Waals surface area contributed by atoms with Gasteiger partial charge in [-0.3, -0.25) is 9.59 Å². The number of fused-ring (bicyclic) bond motifs is 1. The second-order valence-corrected chi connectivity index (χ2v) is 6.08. The summed E-state index contributed by atoms with van der Waals surface area (Å²) < 4.78 is 20.0. The lowest BCUT2D eigenvalue weighted by Gasteiger charge is -2.25. The normalized spacial score (nSPS) is 20.1. The molecule has 7 nitrogen and oxygen atoms in total. The molecule has 2 amide bonds. The highest BCUT2D eigenvalue weighted by Gasteiger charge is 2.30. The Morgan fingerprint density at radius 2 is 1.96 bits per heavy atom. The Morgan fingerprint density at radius 3 is 2.68 bits per heavy atom. The molecule has 8 heteroatoms. The third kappa shape index (κ3) is 3.00. The van der Waals surface area contributed by atoms with Gasteiger partial charge in [-0.1, -0.05) is 12.1 Å². The van der Waals surface area contributed by atoms with E-state index in [4.69, 9.17) is 4.74 Å². The minimum atomic E-state index is -0.346. The number of nitrogens with zero attached hydrogens (tertiary/aromatic N) is 3. The quantitative estimate of drug-likeness (QED) is 0.881. The highest BCUT2D eigenvalue weighted by atomic mass is 19.1. The smallest absolute Gasteiger partial charge is 0.287 e. The van der Waals surface area contributed by atoms with E-state index in [1.165, 1.54) is 12.1 Å². The van der Waals surface area contributed by atoms with E-state index >= 15 is 0 Å². The molecule has 2 aromatic rings. The molecule has 3 heterocycles. The van der Waals surface area contributed by atoms with Gasteiger partial charge in [0.05, 0.1) is 19.3 Å². The topological polar surface area (TPSA) is 76.5 Å². The number of carbonyl (C=O) groups is 2. The number of carbonyl (C=O) groups excluding carboxylic acids is 2. The molecule has 1 atom stereocenters. The van der Waals surface area contributed by atoms with Crippen molar-refractivity contribution in [3.63, 3.8) is 0 Å². The van der Waals surface area contributed by atoms with Crippen LogP contribution in [0.3, 0.4) is 0 Å². The van der Waals surface area contributed by atoms with Crippen LogP contribution in [0.25, 0.3) is 0 Å². The fraction of sp³-hybridized carbons (Fsp3) is 0.353. The second-order valence-electron chi connectivity index (χ2n) is 6.08. The first-order valence-corrected chi connectivity index (χ1v) is 8.12. The van der Waals surface area contributed by atoms with Gasteiger partial charge in [-0.15, -0.1) is 0 Å². The maximum Gasteiger partial charge on any atom is 0.287 e. The molecule has 0 bridgehead atoms. The maximum absolute atomic E-state index is 13.1. The lowest BCUT2D eigenvalue weighted by atomic mass is 10.1. The van der Waals surface area contributed by atoms with Crippen LogP contribution in [0.2, 0.25) is 0 Å². The van der Waals surface area contributed by atoms with Crippen molar-refractivity contribution >= 4 is 11.8 Å². The monoisotopic (exact) mass is 344 g/mol. The number of morpholine rings is 1. The molecule has 0 spiro atoms. The first kappa shape index (κ1) is 15.8. The first-order chi connectivity index (χ1) is 12.1. The molecule has 4 rings (SSSR count). The fourth-order valence-corrected chi connectivity index (χ4v) is 3.12. The van der Waals surface area contributed by atoms with E-state index in [0.717, 1.165) is 5.56 Å². The highest BCUT2D eigenvalue weighted by molar-refractivity contribution is 5.96. The summed E-state index contributed by atoms with van der Waals surface area (Å²) >= 11 is 0. The molecule has 1 aromatic heterocycles. The zero-order valence-corrected chi connectivity index (χ0v) is 13.4. The number of imidazole rings is 1. The molecule has 130 valence electrons. The summed E-state index contributed by atoms with van der Waals surface area (Å²) in [5.74, 6) is -0.652. The van der Waals surface area contributed by atoms with Crippen molar-refractivity contribution in [3.8, 4) is 0 Å². The number of benzene rings is 1. The summed E-state index contributed by atoms with van der Waals surface area (Å²) in [5.41, 5.74) is 1.06. The van der Waals surface area contributed by atoms with Gasteiger partial charge in [-0.25, -0.2) is 9.37 Å². The van der Waals surface area contributed by atoms with E-state index in [0.29, 0.717) is 32.8 Å². The van der Waals surface area contributed by atoms with Crippen LogP contribution < -0.4 is 5.32 Å². The predicted octanol–water partition coefficient (Wildman–Crippen LogP) is 0.979. The number of amides is 2. The predicted molar refractivity (Wildman–Crippen MR) is 85.6 cm³/mol. The standard InChI is InChI=1S/C17H17FN4O3/c18-12-3-1-11(2-4-12)13-9-22-10-14(19-15(22)16(23)20-13)17(24)21-5-7-25-8-6-21/h1-4,10,13H,5-9H2,(H,20,23). The molecule has 0 saturated carbocycles. The third-order valence-electron chi connectivity index (χ3n) is 4.45. The van der Waals surface area contributed by atoms with Gasteiger partial charge >= 0.3 is 0 Å². The number of hydrogen-bond acceptors (Lipinski definition) is 4. The largest absolute Gasteiger partial charge is 0.378 e. The van der Waals surface area contributed by atoms with Gasteiger partial charge in [-0.2, -0.15) is 0 Å². The van der Waals surface area contributed by atoms with Gasteiger partial charge in [0.1, 0.15) is 11.5 Å². The van der Waals surface area contributed by atoms with Crippen LogP contribution in [0.5, 0.6) is 0 Å². The van der Waals surface area contributed by atoms with E-state index in [2.05, 4.69) is 10.3 Å². The van der Waals surface area contributed by atoms with Gasteiger partial charge in [0.25, 0.3) is 11.8 Å². The summed E-state index contributed by atoms with van der Waals surface area (Å²) in [5, 5.41) is 2.85. The molecule has 1 N–H and O–H groups in total. The molecule has 1 saturated heterocycles. The summed E-state index contributed by atoms with van der Waals surface area (Å²) in [7, 11) is 0. The van der Waals surface area contributed by atoms with Crippen molar-refractivity contribution in [2.45, 2.75) is 12.6 Å². The van der Waals surface area contributed by atoms with Crippen molar-refractivity contribution in [3.05, 3.63) is 53.4 Å². The van der Waals surface area contributed by atoms with Crippen molar-refractivity contribution < 1.29 is 18.7 Å². The Labute approximate surface area is 143 Å². The lowest BCUT2D eigenvalue weighted by molar-refractivity contribution is 0.0299. The zero-order chi connectivity index (χ0) is 17.4. The Bertz CT molecular complexity index is 812. The highest BCUT2D eigenvalue weighted by Crippen LogP contribution is 2.22. The van der Waals surface area contributed by atoms with Crippen LogP contribution >= 0.6 is 0 Å².